The third-order valence-electron chi connectivity index (χ3n) is 3.48. The first-order chi connectivity index (χ1) is 8.25. The first-order valence-corrected chi connectivity index (χ1v) is 6.10. The Morgan fingerprint density at radius 2 is 2.18 bits per heavy atom. The van der Waals surface area contributed by atoms with E-state index in [0.717, 1.165) is 18.8 Å². The molecule has 1 aromatic carbocycles. The topological polar surface area (TPSA) is 29.9 Å². The van der Waals surface area contributed by atoms with Crippen molar-refractivity contribution >= 4 is 5.82 Å². The summed E-state index contributed by atoms with van der Waals surface area (Å²) < 4.78 is 2.10. The number of benzene rings is 1. The summed E-state index contributed by atoms with van der Waals surface area (Å²) in [5, 5.41) is 7.82. The van der Waals surface area contributed by atoms with Gasteiger partial charge in [0.2, 0.25) is 0 Å². The van der Waals surface area contributed by atoms with Crippen LogP contribution in [0.2, 0.25) is 0 Å². The molecule has 1 aliphatic heterocycles. The van der Waals surface area contributed by atoms with E-state index in [2.05, 4.69) is 47.1 Å². The van der Waals surface area contributed by atoms with E-state index in [1.165, 1.54) is 16.7 Å². The lowest BCUT2D eigenvalue weighted by Crippen LogP contribution is -2.24. The number of hydrogen-bond donors (Lipinski definition) is 1. The van der Waals surface area contributed by atoms with E-state index in [1.54, 1.807) is 0 Å². The average molecular weight is 227 g/mol. The van der Waals surface area contributed by atoms with Gasteiger partial charge in [-0.3, -0.25) is 0 Å². The van der Waals surface area contributed by atoms with Crippen LogP contribution in [0.1, 0.15) is 29.2 Å². The van der Waals surface area contributed by atoms with Crippen molar-refractivity contribution in [3.63, 3.8) is 0 Å². The largest absolute Gasteiger partial charge is 0.370 e. The van der Waals surface area contributed by atoms with Crippen LogP contribution in [0.5, 0.6) is 0 Å². The Morgan fingerprint density at radius 1 is 1.29 bits per heavy atom. The summed E-state index contributed by atoms with van der Waals surface area (Å²) in [4.78, 5) is 0. The fourth-order valence-electron chi connectivity index (χ4n) is 2.57. The van der Waals surface area contributed by atoms with Crippen LogP contribution in [0.15, 0.2) is 30.5 Å². The normalized spacial score (nSPS) is 18.6. The summed E-state index contributed by atoms with van der Waals surface area (Å²) >= 11 is 0. The Labute approximate surface area is 101 Å². The number of rotatable bonds is 1. The van der Waals surface area contributed by atoms with Gasteiger partial charge >= 0.3 is 0 Å². The van der Waals surface area contributed by atoms with Gasteiger partial charge < -0.3 is 5.32 Å². The number of nitrogens with one attached hydrogen (secondary N) is 1. The van der Waals surface area contributed by atoms with E-state index < -0.39 is 0 Å². The minimum atomic E-state index is 0.376. The van der Waals surface area contributed by atoms with Crippen molar-refractivity contribution in [2.75, 3.05) is 11.9 Å². The fraction of sp³-hybridized carbons (Fsp3) is 0.357. The summed E-state index contributed by atoms with van der Waals surface area (Å²) in [7, 11) is 0. The van der Waals surface area contributed by atoms with Gasteiger partial charge in [-0.2, -0.15) is 5.10 Å². The highest BCUT2D eigenvalue weighted by Gasteiger charge is 2.22. The maximum Gasteiger partial charge on any atom is 0.124 e. The highest BCUT2D eigenvalue weighted by atomic mass is 15.4. The van der Waals surface area contributed by atoms with Crippen molar-refractivity contribution in [2.24, 2.45) is 0 Å². The molecule has 2 aromatic rings. The van der Waals surface area contributed by atoms with Gasteiger partial charge in [-0.05, 0) is 31.4 Å². The lowest BCUT2D eigenvalue weighted by atomic mass is 9.96. The number of hydrogen-bond acceptors (Lipinski definition) is 2. The second-order valence-corrected chi connectivity index (χ2v) is 4.75. The number of fused-ring (bicyclic) bond motifs is 1. The van der Waals surface area contributed by atoms with Gasteiger partial charge in [-0.25, -0.2) is 4.68 Å². The van der Waals surface area contributed by atoms with E-state index in [1.807, 2.05) is 12.3 Å². The van der Waals surface area contributed by atoms with E-state index in [-0.39, 0.29) is 0 Å². The van der Waals surface area contributed by atoms with E-state index in [0.29, 0.717) is 6.04 Å². The molecule has 1 N–H and O–H groups in total. The maximum absolute atomic E-state index is 4.44. The summed E-state index contributed by atoms with van der Waals surface area (Å²) in [6.07, 6.45) is 2.96. The van der Waals surface area contributed by atoms with Crippen LogP contribution in [-0.4, -0.2) is 16.3 Å². The number of aromatic nitrogens is 2. The zero-order chi connectivity index (χ0) is 11.8. The van der Waals surface area contributed by atoms with Crippen molar-refractivity contribution in [2.45, 2.75) is 26.3 Å². The second kappa shape index (κ2) is 3.91. The molecule has 3 nitrogen and oxygen atoms in total. The minimum Gasteiger partial charge on any atom is -0.370 e. The first-order valence-electron chi connectivity index (χ1n) is 6.10. The maximum atomic E-state index is 4.44. The molecule has 1 unspecified atom stereocenters. The van der Waals surface area contributed by atoms with Crippen LogP contribution in [0, 0.1) is 13.8 Å². The molecule has 0 radical (unpaired) electrons. The molecule has 0 spiro atoms. The predicted molar refractivity (Wildman–Crippen MR) is 69.4 cm³/mol. The highest BCUT2D eigenvalue weighted by molar-refractivity contribution is 5.41. The monoisotopic (exact) mass is 227 g/mol. The molecule has 88 valence electrons. The van der Waals surface area contributed by atoms with E-state index in [4.69, 9.17) is 0 Å². The van der Waals surface area contributed by atoms with Crippen LogP contribution < -0.4 is 5.32 Å². The van der Waals surface area contributed by atoms with E-state index in [9.17, 15) is 0 Å². The molecule has 1 aromatic heterocycles. The van der Waals surface area contributed by atoms with Gasteiger partial charge in [0.25, 0.3) is 0 Å². The second-order valence-electron chi connectivity index (χ2n) is 4.75. The average Bonchev–Trinajstić information content (AvgIpc) is 2.80. The zero-order valence-corrected chi connectivity index (χ0v) is 10.3. The molecule has 2 heterocycles. The molecule has 1 atom stereocenters. The molecule has 3 rings (SSSR count). The van der Waals surface area contributed by atoms with Crippen molar-refractivity contribution in [3.05, 3.63) is 47.2 Å². The summed E-state index contributed by atoms with van der Waals surface area (Å²) in [6, 6.07) is 9.08. The van der Waals surface area contributed by atoms with Crippen molar-refractivity contribution in [1.29, 1.82) is 0 Å². The fourth-order valence-corrected chi connectivity index (χ4v) is 2.57. The van der Waals surface area contributed by atoms with Crippen LogP contribution in [0.25, 0.3) is 0 Å². The van der Waals surface area contributed by atoms with Crippen molar-refractivity contribution < 1.29 is 0 Å². The van der Waals surface area contributed by atoms with Gasteiger partial charge in [0.15, 0.2) is 0 Å². The standard InChI is InChI=1S/C14H17N3/c1-10-3-4-11(2)12(9-10)13-5-7-15-14-6-8-16-17(13)14/h3-4,6,8-9,13,15H,5,7H2,1-2H3. The summed E-state index contributed by atoms with van der Waals surface area (Å²) in [5.41, 5.74) is 4.07. The minimum absolute atomic E-state index is 0.376. The lowest BCUT2D eigenvalue weighted by Gasteiger charge is -2.27. The molecule has 0 amide bonds. The first kappa shape index (κ1) is 10.4. The van der Waals surface area contributed by atoms with Crippen molar-refractivity contribution in [3.8, 4) is 0 Å². The van der Waals surface area contributed by atoms with Gasteiger partial charge in [0, 0.05) is 12.6 Å². The third kappa shape index (κ3) is 1.71. The Hall–Kier alpha value is -1.77. The molecular formula is C14H17N3. The predicted octanol–water partition coefficient (Wildman–Crippen LogP) is 2.90. The molecular weight excluding hydrogens is 210 g/mol. The number of aryl methyl sites for hydroxylation is 2. The van der Waals surface area contributed by atoms with Gasteiger partial charge in [-0.1, -0.05) is 23.8 Å². The summed E-state index contributed by atoms with van der Waals surface area (Å²) in [5.74, 6) is 1.13. The Morgan fingerprint density at radius 3 is 3.06 bits per heavy atom. The van der Waals surface area contributed by atoms with Crippen LogP contribution in [0.4, 0.5) is 5.82 Å². The number of nitrogens with zero attached hydrogens (tertiary/aromatic N) is 2. The number of anilines is 1. The highest BCUT2D eigenvalue weighted by Crippen LogP contribution is 2.31. The quantitative estimate of drug-likeness (QED) is 0.811. The molecule has 0 saturated carbocycles. The molecule has 0 saturated heterocycles. The Kier molecular flexibility index (Phi) is 2.39. The molecule has 0 aliphatic carbocycles. The zero-order valence-electron chi connectivity index (χ0n) is 10.3. The SMILES string of the molecule is Cc1ccc(C)c(C2CCNc3ccnn32)c1. The Bertz CT molecular complexity index is 542. The van der Waals surface area contributed by atoms with Crippen molar-refractivity contribution in [1.82, 2.24) is 9.78 Å². The van der Waals surface area contributed by atoms with E-state index >= 15 is 0 Å². The van der Waals surface area contributed by atoms with Gasteiger partial charge in [0.05, 0.1) is 12.2 Å². The molecule has 17 heavy (non-hydrogen) atoms. The molecule has 3 heteroatoms. The van der Waals surface area contributed by atoms with Gasteiger partial charge in [-0.15, -0.1) is 0 Å². The summed E-state index contributed by atoms with van der Waals surface area (Å²) in [6.45, 7) is 5.34. The molecule has 0 bridgehead atoms. The molecule has 1 aliphatic rings. The third-order valence-corrected chi connectivity index (χ3v) is 3.48. The van der Waals surface area contributed by atoms with Gasteiger partial charge in [0.1, 0.15) is 5.82 Å². The Balaban J connectivity index is 2.09. The lowest BCUT2D eigenvalue weighted by molar-refractivity contribution is 0.480. The molecule has 0 fully saturated rings. The van der Waals surface area contributed by atoms with Crippen LogP contribution in [-0.2, 0) is 0 Å². The van der Waals surface area contributed by atoms with Crippen LogP contribution >= 0.6 is 0 Å². The van der Waals surface area contributed by atoms with Crippen LogP contribution in [0.3, 0.4) is 0 Å². The smallest absolute Gasteiger partial charge is 0.124 e.